The van der Waals surface area contributed by atoms with Gasteiger partial charge in [-0.1, -0.05) is 0 Å². The summed E-state index contributed by atoms with van der Waals surface area (Å²) in [6, 6.07) is 4.70. The number of ether oxygens (including phenoxy) is 1. The summed E-state index contributed by atoms with van der Waals surface area (Å²) in [6.45, 7) is 0.246. The molecule has 0 bridgehead atoms. The third kappa shape index (κ3) is 2.57. The van der Waals surface area contributed by atoms with Gasteiger partial charge < -0.3 is 10.5 Å². The van der Waals surface area contributed by atoms with E-state index in [9.17, 15) is 4.79 Å². The molecule has 2 aromatic rings. The molecule has 0 radical (unpaired) electrons. The van der Waals surface area contributed by atoms with E-state index in [0.717, 1.165) is 0 Å². The quantitative estimate of drug-likeness (QED) is 0.780. The van der Waals surface area contributed by atoms with Crippen molar-refractivity contribution in [3.8, 4) is 5.88 Å². The largest absolute Gasteiger partial charge is 0.480 e. The molecule has 2 heterocycles. The maximum absolute atomic E-state index is 11.5. The summed E-state index contributed by atoms with van der Waals surface area (Å²) in [5.74, 6) is 0.423. The van der Waals surface area contributed by atoms with Gasteiger partial charge in [0.15, 0.2) is 0 Å². The third-order valence-electron chi connectivity index (χ3n) is 2.11. The highest BCUT2D eigenvalue weighted by Crippen LogP contribution is 2.04. The van der Waals surface area contributed by atoms with Crippen LogP contribution < -0.4 is 16.0 Å². The average Bonchev–Trinajstić information content (AvgIpc) is 2.34. The summed E-state index contributed by atoms with van der Waals surface area (Å²) >= 11 is 0. The van der Waals surface area contributed by atoms with Crippen LogP contribution >= 0.6 is 0 Å². The Morgan fingerprint density at radius 3 is 2.82 bits per heavy atom. The molecule has 2 aromatic heterocycles. The normalized spacial score (nSPS) is 10.2. The molecule has 2 N–H and O–H groups in total. The van der Waals surface area contributed by atoms with Crippen LogP contribution in [0.15, 0.2) is 29.2 Å². The standard InChI is InChI=1S/C10H11N5O2/c1-17-9-3-2-8(13-14-9)6-15-10(16)4-7(11)5-12-15/h2-5H,6,11H2,1H3. The number of nitrogen functional groups attached to an aromatic ring is 1. The van der Waals surface area contributed by atoms with E-state index in [-0.39, 0.29) is 12.1 Å². The zero-order valence-corrected chi connectivity index (χ0v) is 9.20. The van der Waals surface area contributed by atoms with Crippen LogP contribution in [0.2, 0.25) is 0 Å². The first-order valence-corrected chi connectivity index (χ1v) is 4.88. The van der Waals surface area contributed by atoms with Gasteiger partial charge in [0, 0.05) is 12.1 Å². The lowest BCUT2D eigenvalue weighted by Gasteiger charge is -2.03. The minimum absolute atomic E-state index is 0.246. The van der Waals surface area contributed by atoms with Gasteiger partial charge in [0.1, 0.15) is 0 Å². The molecule has 0 atom stereocenters. The molecule has 0 saturated carbocycles. The van der Waals surface area contributed by atoms with Gasteiger partial charge in [-0.05, 0) is 6.07 Å². The number of hydrogen-bond donors (Lipinski definition) is 1. The predicted octanol–water partition coefficient (Wildman–Crippen LogP) is -0.328. The van der Waals surface area contributed by atoms with Crippen LogP contribution in [0.3, 0.4) is 0 Å². The Hall–Kier alpha value is -2.44. The van der Waals surface area contributed by atoms with Gasteiger partial charge in [-0.3, -0.25) is 4.79 Å². The second-order valence-electron chi connectivity index (χ2n) is 3.35. The Morgan fingerprint density at radius 2 is 2.24 bits per heavy atom. The first kappa shape index (κ1) is 11.1. The number of rotatable bonds is 3. The number of nitrogens with zero attached hydrogens (tertiary/aromatic N) is 4. The van der Waals surface area contributed by atoms with E-state index in [1.165, 1.54) is 24.1 Å². The number of anilines is 1. The second-order valence-corrected chi connectivity index (χ2v) is 3.35. The number of hydrogen-bond acceptors (Lipinski definition) is 6. The molecule has 88 valence electrons. The fraction of sp³-hybridized carbons (Fsp3) is 0.200. The van der Waals surface area contributed by atoms with E-state index in [4.69, 9.17) is 10.5 Å². The molecule has 7 nitrogen and oxygen atoms in total. The van der Waals surface area contributed by atoms with Gasteiger partial charge in [0.25, 0.3) is 5.56 Å². The van der Waals surface area contributed by atoms with Crippen LogP contribution in [0.5, 0.6) is 5.88 Å². The van der Waals surface area contributed by atoms with Crippen LogP contribution in [0.25, 0.3) is 0 Å². The van der Waals surface area contributed by atoms with Crippen molar-refractivity contribution in [3.05, 3.63) is 40.4 Å². The molecule has 0 fully saturated rings. The van der Waals surface area contributed by atoms with Gasteiger partial charge in [-0.2, -0.15) is 5.10 Å². The van der Waals surface area contributed by atoms with Crippen LogP contribution in [0.4, 0.5) is 5.69 Å². The van der Waals surface area contributed by atoms with Crippen molar-refractivity contribution in [3.63, 3.8) is 0 Å². The van der Waals surface area contributed by atoms with Gasteiger partial charge in [0.2, 0.25) is 5.88 Å². The topological polar surface area (TPSA) is 95.9 Å². The number of aromatic nitrogens is 4. The highest BCUT2D eigenvalue weighted by atomic mass is 16.5. The maximum Gasteiger partial charge on any atom is 0.269 e. The van der Waals surface area contributed by atoms with E-state index < -0.39 is 0 Å². The van der Waals surface area contributed by atoms with E-state index in [2.05, 4.69) is 15.3 Å². The molecular weight excluding hydrogens is 222 g/mol. The van der Waals surface area contributed by atoms with Crippen LogP contribution in [0.1, 0.15) is 5.69 Å². The molecule has 7 heteroatoms. The summed E-state index contributed by atoms with van der Waals surface area (Å²) in [4.78, 5) is 11.5. The van der Waals surface area contributed by atoms with Crippen molar-refractivity contribution in [1.29, 1.82) is 0 Å². The molecule has 2 rings (SSSR count). The van der Waals surface area contributed by atoms with Gasteiger partial charge in [-0.15, -0.1) is 10.2 Å². The van der Waals surface area contributed by atoms with E-state index >= 15 is 0 Å². The smallest absolute Gasteiger partial charge is 0.269 e. The maximum atomic E-state index is 11.5. The lowest BCUT2D eigenvalue weighted by Crippen LogP contribution is -2.23. The monoisotopic (exact) mass is 233 g/mol. The third-order valence-corrected chi connectivity index (χ3v) is 2.11. The van der Waals surface area contributed by atoms with Gasteiger partial charge in [-0.25, -0.2) is 4.68 Å². The summed E-state index contributed by atoms with van der Waals surface area (Å²) in [6.07, 6.45) is 1.42. The molecule has 0 unspecified atom stereocenters. The molecule has 0 spiro atoms. The fourth-order valence-corrected chi connectivity index (χ4v) is 1.26. The van der Waals surface area contributed by atoms with Crippen molar-refractivity contribution < 1.29 is 4.74 Å². The molecule has 0 amide bonds. The predicted molar refractivity (Wildman–Crippen MR) is 60.6 cm³/mol. The summed E-state index contributed by atoms with van der Waals surface area (Å²) < 4.78 is 6.14. The van der Waals surface area contributed by atoms with E-state index in [1.807, 2.05) is 0 Å². The minimum atomic E-state index is -0.275. The average molecular weight is 233 g/mol. The molecule has 17 heavy (non-hydrogen) atoms. The Morgan fingerprint density at radius 1 is 1.41 bits per heavy atom. The molecule has 0 aliphatic rings. The minimum Gasteiger partial charge on any atom is -0.480 e. The van der Waals surface area contributed by atoms with Crippen molar-refractivity contribution in [2.24, 2.45) is 0 Å². The zero-order valence-electron chi connectivity index (χ0n) is 9.20. The Kier molecular flexibility index (Phi) is 2.99. The Labute approximate surface area is 96.9 Å². The van der Waals surface area contributed by atoms with E-state index in [1.54, 1.807) is 12.1 Å². The highest BCUT2D eigenvalue weighted by molar-refractivity contribution is 5.31. The van der Waals surface area contributed by atoms with Crippen molar-refractivity contribution in [2.45, 2.75) is 6.54 Å². The molecule has 0 aliphatic carbocycles. The van der Waals surface area contributed by atoms with Crippen molar-refractivity contribution in [2.75, 3.05) is 12.8 Å². The zero-order chi connectivity index (χ0) is 12.3. The molecular formula is C10H11N5O2. The first-order valence-electron chi connectivity index (χ1n) is 4.88. The lowest BCUT2D eigenvalue weighted by molar-refractivity contribution is 0.390. The second kappa shape index (κ2) is 4.60. The summed E-state index contributed by atoms with van der Waals surface area (Å²) in [7, 11) is 1.51. The number of nitrogens with two attached hydrogens (primary N) is 1. The van der Waals surface area contributed by atoms with E-state index in [0.29, 0.717) is 17.3 Å². The van der Waals surface area contributed by atoms with Gasteiger partial charge >= 0.3 is 0 Å². The van der Waals surface area contributed by atoms with Crippen LogP contribution in [-0.4, -0.2) is 27.1 Å². The highest BCUT2D eigenvalue weighted by Gasteiger charge is 2.02. The van der Waals surface area contributed by atoms with Crippen LogP contribution in [0, 0.1) is 0 Å². The number of methoxy groups -OCH3 is 1. The molecule has 0 aromatic carbocycles. The van der Waals surface area contributed by atoms with Crippen LogP contribution in [-0.2, 0) is 6.54 Å². The summed E-state index contributed by atoms with van der Waals surface area (Å²) in [5, 5.41) is 11.6. The molecule has 0 aliphatic heterocycles. The fourth-order valence-electron chi connectivity index (χ4n) is 1.26. The van der Waals surface area contributed by atoms with Crippen molar-refractivity contribution in [1.82, 2.24) is 20.0 Å². The first-order chi connectivity index (χ1) is 8.19. The Bertz CT molecular complexity index is 564. The van der Waals surface area contributed by atoms with Gasteiger partial charge in [0.05, 0.1) is 31.2 Å². The lowest BCUT2D eigenvalue weighted by atomic mass is 10.4. The summed E-state index contributed by atoms with van der Waals surface area (Å²) in [5.41, 5.74) is 6.12. The molecule has 0 saturated heterocycles. The Balaban J connectivity index is 2.22. The SMILES string of the molecule is COc1ccc(Cn2ncc(N)cc2=O)nn1. The van der Waals surface area contributed by atoms with Crippen molar-refractivity contribution >= 4 is 5.69 Å².